The van der Waals surface area contributed by atoms with Crippen LogP contribution in [0.15, 0.2) is 40.2 Å². The second kappa shape index (κ2) is 6.13. The predicted molar refractivity (Wildman–Crippen MR) is 75.6 cm³/mol. The first-order valence-electron chi connectivity index (χ1n) is 5.41. The van der Waals surface area contributed by atoms with Crippen LogP contribution in [0.4, 0.5) is 0 Å². The monoisotopic (exact) mass is 325 g/mol. The van der Waals surface area contributed by atoms with E-state index in [1.54, 1.807) is 0 Å². The minimum absolute atomic E-state index is 0.0191. The Kier molecular flexibility index (Phi) is 4.52. The topological polar surface area (TPSA) is 49.3 Å². The van der Waals surface area contributed by atoms with Crippen molar-refractivity contribution in [1.82, 2.24) is 5.32 Å². The molecule has 0 fully saturated rings. The number of aliphatic hydroxyl groups is 1. The van der Waals surface area contributed by atoms with E-state index in [9.17, 15) is 9.90 Å². The van der Waals surface area contributed by atoms with Crippen molar-refractivity contribution in [2.75, 3.05) is 0 Å². The quantitative estimate of drug-likeness (QED) is 0.908. The van der Waals surface area contributed by atoms with Crippen molar-refractivity contribution in [3.63, 3.8) is 0 Å². The summed E-state index contributed by atoms with van der Waals surface area (Å²) in [6.45, 7) is 0.397. The third-order valence-corrected chi connectivity index (χ3v) is 4.39. The fourth-order valence-corrected chi connectivity index (χ4v) is 3.06. The number of hydrogen-bond donors (Lipinski definition) is 2. The van der Waals surface area contributed by atoms with Crippen molar-refractivity contribution < 1.29 is 9.90 Å². The van der Waals surface area contributed by atoms with E-state index >= 15 is 0 Å². The molecule has 0 aliphatic carbocycles. The number of carbonyl (C=O) groups excluding carboxylic acids is 1. The number of nitrogens with one attached hydrogen (secondary N) is 1. The summed E-state index contributed by atoms with van der Waals surface area (Å²) < 4.78 is 0.806. The van der Waals surface area contributed by atoms with Gasteiger partial charge in [-0.25, -0.2) is 0 Å². The van der Waals surface area contributed by atoms with Crippen LogP contribution in [0.2, 0.25) is 0 Å². The molecule has 0 radical (unpaired) electrons. The Morgan fingerprint density at radius 1 is 1.28 bits per heavy atom. The summed E-state index contributed by atoms with van der Waals surface area (Å²) in [5.41, 5.74) is 1.77. The molecule has 2 N–H and O–H groups in total. The van der Waals surface area contributed by atoms with E-state index in [-0.39, 0.29) is 12.5 Å². The molecule has 0 saturated carbocycles. The molecule has 0 aliphatic rings. The van der Waals surface area contributed by atoms with Gasteiger partial charge in [-0.15, -0.1) is 11.3 Å². The molecule has 18 heavy (non-hydrogen) atoms. The number of rotatable bonds is 4. The summed E-state index contributed by atoms with van der Waals surface area (Å²) in [4.78, 5) is 12.6. The lowest BCUT2D eigenvalue weighted by Crippen LogP contribution is -2.22. The lowest BCUT2D eigenvalue weighted by molar-refractivity contribution is 0.0954. The summed E-state index contributed by atoms with van der Waals surface area (Å²) in [5.74, 6) is -0.107. The number of aliphatic hydroxyl groups excluding tert-OH is 1. The fraction of sp³-hybridized carbons (Fsp3) is 0.154. The van der Waals surface area contributed by atoms with Crippen LogP contribution in [-0.4, -0.2) is 11.0 Å². The molecule has 2 aromatic rings. The molecule has 1 amide bonds. The lowest BCUT2D eigenvalue weighted by Gasteiger charge is -2.08. The Bertz CT molecular complexity index is 553. The highest BCUT2D eigenvalue weighted by Crippen LogP contribution is 2.22. The van der Waals surface area contributed by atoms with Gasteiger partial charge in [0.25, 0.3) is 5.91 Å². The number of halogens is 1. The third kappa shape index (κ3) is 2.98. The van der Waals surface area contributed by atoms with Gasteiger partial charge in [0.1, 0.15) is 4.88 Å². The first-order valence-corrected chi connectivity index (χ1v) is 7.08. The van der Waals surface area contributed by atoms with Crippen molar-refractivity contribution >= 4 is 33.2 Å². The minimum Gasteiger partial charge on any atom is -0.392 e. The highest BCUT2D eigenvalue weighted by atomic mass is 79.9. The van der Waals surface area contributed by atoms with Gasteiger partial charge in [0, 0.05) is 11.0 Å². The highest BCUT2D eigenvalue weighted by molar-refractivity contribution is 9.10. The lowest BCUT2D eigenvalue weighted by atomic mass is 10.1. The fourth-order valence-electron chi connectivity index (χ4n) is 1.60. The maximum Gasteiger partial charge on any atom is 0.262 e. The number of amides is 1. The Balaban J connectivity index is 2.04. The van der Waals surface area contributed by atoms with Crippen LogP contribution in [0.5, 0.6) is 0 Å². The van der Waals surface area contributed by atoms with Crippen molar-refractivity contribution in [3.05, 3.63) is 56.2 Å². The van der Waals surface area contributed by atoms with E-state index < -0.39 is 0 Å². The molecule has 0 bridgehead atoms. The van der Waals surface area contributed by atoms with Crippen molar-refractivity contribution in [3.8, 4) is 0 Å². The zero-order valence-corrected chi connectivity index (χ0v) is 11.9. The molecule has 1 heterocycles. The maximum atomic E-state index is 11.9. The maximum absolute atomic E-state index is 11.9. The molecular weight excluding hydrogens is 314 g/mol. The van der Waals surface area contributed by atoms with E-state index in [4.69, 9.17) is 0 Å². The van der Waals surface area contributed by atoms with E-state index in [1.807, 2.05) is 35.7 Å². The zero-order chi connectivity index (χ0) is 13.0. The molecule has 0 aliphatic heterocycles. The van der Waals surface area contributed by atoms with E-state index in [0.29, 0.717) is 11.4 Å². The number of hydrogen-bond acceptors (Lipinski definition) is 3. The largest absolute Gasteiger partial charge is 0.392 e. The van der Waals surface area contributed by atoms with Crippen LogP contribution in [0.3, 0.4) is 0 Å². The zero-order valence-electron chi connectivity index (χ0n) is 9.52. The molecule has 0 unspecified atom stereocenters. The third-order valence-electron chi connectivity index (χ3n) is 2.55. The first kappa shape index (κ1) is 13.3. The summed E-state index contributed by atoms with van der Waals surface area (Å²) >= 11 is 4.73. The second-order valence-corrected chi connectivity index (χ2v) is 5.48. The van der Waals surface area contributed by atoms with Gasteiger partial charge in [-0.1, -0.05) is 24.3 Å². The SMILES string of the molecule is O=C(NCc1ccccc1CO)c1sccc1Br. The summed E-state index contributed by atoms with van der Waals surface area (Å²) in [6.07, 6.45) is 0. The van der Waals surface area contributed by atoms with Crippen LogP contribution >= 0.6 is 27.3 Å². The smallest absolute Gasteiger partial charge is 0.262 e. The standard InChI is InChI=1S/C13H12BrNO2S/c14-11-5-6-18-12(11)13(17)15-7-9-3-1-2-4-10(9)8-16/h1-6,16H,7-8H2,(H,15,17). The van der Waals surface area contributed by atoms with E-state index in [0.717, 1.165) is 15.6 Å². The van der Waals surface area contributed by atoms with Gasteiger partial charge in [0.2, 0.25) is 0 Å². The molecule has 0 atom stereocenters. The van der Waals surface area contributed by atoms with Gasteiger partial charge in [-0.3, -0.25) is 4.79 Å². The van der Waals surface area contributed by atoms with Crippen LogP contribution in [0.1, 0.15) is 20.8 Å². The highest BCUT2D eigenvalue weighted by Gasteiger charge is 2.11. The van der Waals surface area contributed by atoms with Crippen LogP contribution in [0, 0.1) is 0 Å². The van der Waals surface area contributed by atoms with Crippen LogP contribution in [0.25, 0.3) is 0 Å². The number of thiophene rings is 1. The normalized spacial score (nSPS) is 10.3. The molecule has 0 spiro atoms. The van der Waals surface area contributed by atoms with Crippen LogP contribution in [-0.2, 0) is 13.2 Å². The van der Waals surface area contributed by atoms with Gasteiger partial charge < -0.3 is 10.4 Å². The van der Waals surface area contributed by atoms with Crippen molar-refractivity contribution in [2.45, 2.75) is 13.2 Å². The molecule has 2 rings (SSSR count). The molecule has 94 valence electrons. The summed E-state index contributed by atoms with van der Waals surface area (Å²) in [7, 11) is 0. The Morgan fingerprint density at radius 2 is 2.00 bits per heavy atom. The van der Waals surface area contributed by atoms with Gasteiger partial charge in [-0.2, -0.15) is 0 Å². The van der Waals surface area contributed by atoms with E-state index in [1.165, 1.54) is 11.3 Å². The number of carbonyl (C=O) groups is 1. The molecule has 1 aromatic carbocycles. The Hall–Kier alpha value is -1.17. The van der Waals surface area contributed by atoms with Gasteiger partial charge in [0.15, 0.2) is 0 Å². The van der Waals surface area contributed by atoms with Crippen LogP contribution < -0.4 is 5.32 Å². The van der Waals surface area contributed by atoms with Crippen molar-refractivity contribution in [2.24, 2.45) is 0 Å². The van der Waals surface area contributed by atoms with Crippen molar-refractivity contribution in [1.29, 1.82) is 0 Å². The molecular formula is C13H12BrNO2S. The average molecular weight is 326 g/mol. The minimum atomic E-state index is -0.107. The first-order chi connectivity index (χ1) is 8.72. The van der Waals surface area contributed by atoms with Gasteiger partial charge >= 0.3 is 0 Å². The molecule has 3 nitrogen and oxygen atoms in total. The van der Waals surface area contributed by atoms with Gasteiger partial charge in [0.05, 0.1) is 6.61 Å². The second-order valence-electron chi connectivity index (χ2n) is 3.71. The molecule has 5 heteroatoms. The summed E-state index contributed by atoms with van der Waals surface area (Å²) in [6, 6.07) is 9.35. The Morgan fingerprint density at radius 3 is 2.61 bits per heavy atom. The average Bonchev–Trinajstić information content (AvgIpc) is 2.82. The number of benzene rings is 1. The predicted octanol–water partition coefficient (Wildman–Crippen LogP) is 2.93. The molecule has 1 aromatic heterocycles. The molecule has 0 saturated heterocycles. The van der Waals surface area contributed by atoms with E-state index in [2.05, 4.69) is 21.2 Å². The van der Waals surface area contributed by atoms with Gasteiger partial charge in [-0.05, 0) is 38.5 Å². The Labute approximate surface area is 118 Å². The summed E-state index contributed by atoms with van der Waals surface area (Å²) in [5, 5.41) is 13.9.